The Morgan fingerprint density at radius 3 is 2.10 bits per heavy atom. The number of halogens is 1. The average Bonchev–Trinajstić information content (AvgIpc) is 3.59. The zero-order valence-corrected chi connectivity index (χ0v) is 35.7. The van der Waals surface area contributed by atoms with E-state index < -0.39 is 17.8 Å². The number of aliphatic hydroxyl groups is 1. The Balaban J connectivity index is 0.805. The molecule has 0 saturated carbocycles. The topological polar surface area (TPSA) is 151 Å². The van der Waals surface area contributed by atoms with E-state index in [4.69, 9.17) is 15.7 Å². The maximum atomic E-state index is 14.9. The number of aliphatic hydroxyl groups excluding tert-OH is 1. The molecule has 0 bridgehead atoms. The Morgan fingerprint density at radius 1 is 0.803 bits per heavy atom. The first kappa shape index (κ1) is 42.9. The predicted molar refractivity (Wildman–Crippen MR) is 233 cm³/mol. The van der Waals surface area contributed by atoms with Crippen molar-refractivity contribution < 1.29 is 23.9 Å². The molecule has 3 amide bonds. The van der Waals surface area contributed by atoms with Crippen LogP contribution in [0.4, 0.5) is 10.2 Å². The number of likely N-dealkylation sites (tertiary alicyclic amines) is 2. The summed E-state index contributed by atoms with van der Waals surface area (Å²) in [4.78, 5) is 59.3. The number of fused-ring (bicyclic) bond motifs is 1. The number of anilines is 1. The van der Waals surface area contributed by atoms with Crippen LogP contribution in [-0.2, 0) is 16.1 Å². The van der Waals surface area contributed by atoms with Crippen LogP contribution in [0.3, 0.4) is 0 Å². The number of nitrogens with one attached hydrogen (secondary N) is 1. The molecule has 4 fully saturated rings. The number of unbranched alkanes of at least 4 members (excludes halogenated alkanes) is 2. The number of piperazine rings is 1. The highest BCUT2D eigenvalue weighted by Gasteiger charge is 2.41. The number of nitrogens with two attached hydrogens (primary N) is 1. The highest BCUT2D eigenvalue weighted by molar-refractivity contribution is 6.05. The summed E-state index contributed by atoms with van der Waals surface area (Å²) in [5, 5.41) is 11.8. The van der Waals surface area contributed by atoms with Crippen LogP contribution in [0.5, 0.6) is 0 Å². The predicted octanol–water partition coefficient (Wildman–Crippen LogP) is 4.46. The number of aromatic nitrogens is 2. The molecule has 0 radical (unpaired) electrons. The minimum absolute atomic E-state index is 0.166. The number of imide groups is 1. The zero-order valence-electron chi connectivity index (χ0n) is 35.7. The number of allylic oxidation sites excluding steroid dienone is 1. The van der Waals surface area contributed by atoms with Gasteiger partial charge < -0.3 is 30.4 Å². The molecule has 5 aliphatic rings. The number of rotatable bonds is 14. The van der Waals surface area contributed by atoms with Crippen molar-refractivity contribution in [1.82, 2.24) is 34.9 Å². The minimum Gasteiger partial charge on any atom is -0.402 e. The molecule has 1 atom stereocenters. The molecule has 14 heteroatoms. The first-order valence-corrected chi connectivity index (χ1v) is 22.6. The van der Waals surface area contributed by atoms with Gasteiger partial charge in [0, 0.05) is 80.2 Å². The summed E-state index contributed by atoms with van der Waals surface area (Å²) in [6.07, 6.45) is 7.89. The Bertz CT molecular complexity index is 2070. The van der Waals surface area contributed by atoms with E-state index in [2.05, 4.69) is 43.1 Å². The first-order chi connectivity index (χ1) is 29.6. The van der Waals surface area contributed by atoms with Crippen LogP contribution >= 0.6 is 0 Å². The molecule has 326 valence electrons. The van der Waals surface area contributed by atoms with Crippen LogP contribution in [-0.4, -0.2) is 137 Å². The number of piperidine rings is 3. The van der Waals surface area contributed by atoms with Crippen molar-refractivity contribution in [2.75, 3.05) is 83.5 Å². The molecule has 5 aliphatic heterocycles. The van der Waals surface area contributed by atoms with Gasteiger partial charge in [-0.05, 0) is 126 Å². The van der Waals surface area contributed by atoms with Gasteiger partial charge in [0.2, 0.25) is 11.8 Å². The Hall–Kier alpha value is -4.76. The van der Waals surface area contributed by atoms with Gasteiger partial charge in [-0.2, -0.15) is 0 Å². The molecule has 4 N–H and O–H groups in total. The summed E-state index contributed by atoms with van der Waals surface area (Å²) in [6.45, 7) is 12.7. The largest absolute Gasteiger partial charge is 0.402 e. The lowest BCUT2D eigenvalue weighted by Gasteiger charge is -2.36. The summed E-state index contributed by atoms with van der Waals surface area (Å²) in [5.74, 6) is 0.657. The average molecular weight is 836 g/mol. The minimum atomic E-state index is -0.705. The third-order valence-electron chi connectivity index (χ3n) is 13.7. The summed E-state index contributed by atoms with van der Waals surface area (Å²) >= 11 is 0. The summed E-state index contributed by atoms with van der Waals surface area (Å²) in [7, 11) is 0. The number of benzene rings is 2. The highest BCUT2D eigenvalue weighted by Crippen LogP contribution is 2.38. The van der Waals surface area contributed by atoms with Crippen molar-refractivity contribution in [2.24, 2.45) is 5.73 Å². The molecule has 61 heavy (non-hydrogen) atoms. The zero-order chi connectivity index (χ0) is 42.5. The second kappa shape index (κ2) is 19.5. The maximum Gasteiger partial charge on any atom is 0.255 e. The molecule has 13 nitrogen and oxygen atoms in total. The summed E-state index contributed by atoms with van der Waals surface area (Å²) < 4.78 is 14.9. The second-order valence-corrected chi connectivity index (χ2v) is 17.7. The lowest BCUT2D eigenvalue weighted by Crippen LogP contribution is -2.52. The van der Waals surface area contributed by atoms with Gasteiger partial charge in [0.05, 0.1) is 6.61 Å². The Morgan fingerprint density at radius 2 is 1.46 bits per heavy atom. The molecule has 6 heterocycles. The van der Waals surface area contributed by atoms with E-state index >= 15 is 0 Å². The number of hydrogen-bond donors (Lipinski definition) is 3. The highest BCUT2D eigenvalue weighted by atomic mass is 19.1. The summed E-state index contributed by atoms with van der Waals surface area (Å²) in [5.41, 5.74) is 12.3. The van der Waals surface area contributed by atoms with E-state index in [1.54, 1.807) is 6.07 Å². The van der Waals surface area contributed by atoms with Gasteiger partial charge in [0.25, 0.3) is 5.91 Å². The number of hydrogen-bond acceptors (Lipinski definition) is 11. The van der Waals surface area contributed by atoms with Crippen molar-refractivity contribution >= 4 is 29.1 Å². The Labute approximate surface area is 359 Å². The van der Waals surface area contributed by atoms with E-state index in [0.717, 1.165) is 131 Å². The van der Waals surface area contributed by atoms with E-state index in [-0.39, 0.29) is 37.3 Å². The summed E-state index contributed by atoms with van der Waals surface area (Å²) in [6, 6.07) is 14.6. The third-order valence-corrected chi connectivity index (χ3v) is 13.7. The molecule has 8 rings (SSSR count). The maximum absolute atomic E-state index is 14.9. The van der Waals surface area contributed by atoms with E-state index in [0.29, 0.717) is 36.0 Å². The smallest absolute Gasteiger partial charge is 0.255 e. The van der Waals surface area contributed by atoms with Crippen LogP contribution in [0, 0.1) is 5.82 Å². The van der Waals surface area contributed by atoms with Crippen LogP contribution in [0.15, 0.2) is 54.2 Å². The van der Waals surface area contributed by atoms with Gasteiger partial charge in [0.1, 0.15) is 17.7 Å². The van der Waals surface area contributed by atoms with Crippen LogP contribution in [0.25, 0.3) is 5.57 Å². The van der Waals surface area contributed by atoms with Gasteiger partial charge in [-0.15, -0.1) is 0 Å². The number of carbonyl (C=O) groups is 3. The Kier molecular flexibility index (Phi) is 13.7. The molecule has 1 unspecified atom stereocenters. The fourth-order valence-corrected chi connectivity index (χ4v) is 10.2. The van der Waals surface area contributed by atoms with Gasteiger partial charge >= 0.3 is 0 Å². The van der Waals surface area contributed by atoms with Gasteiger partial charge in [0.15, 0.2) is 5.82 Å². The van der Waals surface area contributed by atoms with Gasteiger partial charge in [-0.3, -0.25) is 24.6 Å². The molecule has 3 aromatic rings. The van der Waals surface area contributed by atoms with E-state index in [1.807, 2.05) is 25.1 Å². The second-order valence-electron chi connectivity index (χ2n) is 17.7. The molecule has 4 saturated heterocycles. The molecule has 0 aliphatic carbocycles. The fraction of sp³-hybridized carbons (Fsp3) is 0.553. The SMILES string of the molecule is CC(N)=C(c1ccccc1)c1nc(C2CCN(CCCCCN3CCC(c4cc(F)cc5c4CN(C4CCC(=O)NC4=O)C5=O)CC3)CC2)cc(N2CCN(CCO)CC2)n1. The molecular formula is C47H62FN9O4. The third kappa shape index (κ3) is 9.98. The van der Waals surface area contributed by atoms with Crippen molar-refractivity contribution in [3.8, 4) is 0 Å². The van der Waals surface area contributed by atoms with Crippen molar-refractivity contribution in [3.05, 3.63) is 93.8 Å². The van der Waals surface area contributed by atoms with Gasteiger partial charge in [-0.1, -0.05) is 36.8 Å². The van der Waals surface area contributed by atoms with E-state index in [9.17, 15) is 23.9 Å². The molecule has 0 spiro atoms. The van der Waals surface area contributed by atoms with E-state index in [1.165, 1.54) is 23.8 Å². The molecule has 2 aromatic carbocycles. The lowest BCUT2D eigenvalue weighted by molar-refractivity contribution is -0.136. The van der Waals surface area contributed by atoms with Gasteiger partial charge in [-0.25, -0.2) is 14.4 Å². The van der Waals surface area contributed by atoms with Crippen molar-refractivity contribution in [3.63, 3.8) is 0 Å². The lowest BCUT2D eigenvalue weighted by atomic mass is 9.85. The normalized spacial score (nSPS) is 21.8. The fourth-order valence-electron chi connectivity index (χ4n) is 10.2. The van der Waals surface area contributed by atoms with Crippen molar-refractivity contribution in [2.45, 2.75) is 89.1 Å². The molecular weight excluding hydrogens is 774 g/mol. The number of β-amino-alcohol motifs (C(OH)–C–C–N with tert-alkyl or cyclic N) is 1. The standard InChI is InChI=1S/C47H62FN9O4/c1-32(49)44(35-8-4-2-5-9-35)45-50-40(30-42(51-45)56-24-22-55(23-25-56)26-27-58)34-14-20-54(21-15-34)17-7-3-6-16-53-18-12-33(13-19-53)37-28-36(48)29-38-39(37)31-57(47(38)61)41-10-11-43(59)52-46(41)60/h2,4-5,8-9,28-30,33-34,41,58H,3,6-7,10-27,31,49H2,1H3,(H,52,59,60). The van der Waals surface area contributed by atoms with Crippen molar-refractivity contribution in [1.29, 1.82) is 0 Å². The number of amides is 3. The quantitative estimate of drug-likeness (QED) is 0.156. The van der Waals surface area contributed by atoms with Crippen LogP contribution in [0.1, 0.15) is 115 Å². The first-order valence-electron chi connectivity index (χ1n) is 22.6. The monoisotopic (exact) mass is 835 g/mol. The number of carbonyl (C=O) groups excluding carboxylic acids is 3. The van der Waals surface area contributed by atoms with Crippen LogP contribution in [0.2, 0.25) is 0 Å². The number of nitrogens with zero attached hydrogens (tertiary/aromatic N) is 7. The van der Waals surface area contributed by atoms with Crippen LogP contribution < -0.4 is 16.0 Å². The molecule has 1 aromatic heterocycles.